The van der Waals surface area contributed by atoms with Crippen LogP contribution < -0.4 is 5.56 Å². The lowest BCUT2D eigenvalue weighted by atomic mass is 10.2. The van der Waals surface area contributed by atoms with Crippen molar-refractivity contribution in [2.24, 2.45) is 0 Å². The molecule has 0 saturated carbocycles. The van der Waals surface area contributed by atoms with Gasteiger partial charge in [0.25, 0.3) is 0 Å². The van der Waals surface area contributed by atoms with E-state index in [0.717, 1.165) is 11.3 Å². The van der Waals surface area contributed by atoms with Gasteiger partial charge in [0.2, 0.25) is 5.56 Å². The van der Waals surface area contributed by atoms with E-state index < -0.39 is 0 Å². The van der Waals surface area contributed by atoms with Gasteiger partial charge >= 0.3 is 0 Å². The Morgan fingerprint density at radius 3 is 3.08 bits per heavy atom. The summed E-state index contributed by atoms with van der Waals surface area (Å²) in [6, 6.07) is 3.29. The minimum Gasteiger partial charge on any atom is -0.320 e. The molecule has 0 spiro atoms. The number of hydrogen-bond donors (Lipinski definition) is 1. The quantitative estimate of drug-likeness (QED) is 0.711. The molecule has 2 heterocycles. The second-order valence-corrected chi connectivity index (χ2v) is 3.50. The fourth-order valence-corrected chi connectivity index (χ4v) is 1.65. The van der Waals surface area contributed by atoms with E-state index in [1.165, 1.54) is 10.2 Å². The molecule has 0 bridgehead atoms. The van der Waals surface area contributed by atoms with Crippen molar-refractivity contribution in [3.63, 3.8) is 0 Å². The summed E-state index contributed by atoms with van der Waals surface area (Å²) in [5.41, 5.74) is 1.45. The van der Waals surface area contributed by atoms with E-state index in [2.05, 4.69) is 20.9 Å². The molecule has 0 aliphatic carbocycles. The molecule has 0 fully saturated rings. The zero-order valence-electron chi connectivity index (χ0n) is 5.84. The summed E-state index contributed by atoms with van der Waals surface area (Å²) < 4.78 is 2.03. The predicted molar refractivity (Wildman–Crippen MR) is 50.6 cm³/mol. The van der Waals surface area contributed by atoms with Gasteiger partial charge in [0.15, 0.2) is 0 Å². The molecule has 0 aromatic rings. The van der Waals surface area contributed by atoms with E-state index in [1.54, 1.807) is 12.3 Å². The van der Waals surface area contributed by atoms with Gasteiger partial charge in [-0.15, -0.1) is 0 Å². The van der Waals surface area contributed by atoms with Gasteiger partial charge in [0.05, 0.1) is 5.69 Å². The predicted octanol–water partition coefficient (Wildman–Crippen LogP) is 2.05. The van der Waals surface area contributed by atoms with Crippen molar-refractivity contribution in [3.8, 4) is 11.3 Å². The van der Waals surface area contributed by atoms with Crippen molar-refractivity contribution >= 4 is 27.7 Å². The van der Waals surface area contributed by atoms with Crippen molar-refractivity contribution in [2.75, 3.05) is 0 Å². The number of H-pyrrole nitrogens is 1. The van der Waals surface area contributed by atoms with Gasteiger partial charge in [0.1, 0.15) is 4.60 Å². The lowest BCUT2D eigenvalue weighted by Crippen LogP contribution is -1.94. The number of pyridine rings is 1. The third kappa shape index (κ3) is 1.07. The van der Waals surface area contributed by atoms with Gasteiger partial charge in [-0.1, -0.05) is 0 Å². The first kappa shape index (κ1) is 7.89. The molecule has 3 nitrogen and oxygen atoms in total. The SMILES string of the molecule is O=c1cc2ccn(Cl)c(Br)c-2[nH]1. The number of aromatic amines is 1. The first-order valence-corrected chi connectivity index (χ1v) is 4.37. The van der Waals surface area contributed by atoms with Crippen LogP contribution in [0, 0.1) is 0 Å². The molecule has 62 valence electrons. The average Bonchev–Trinajstić information content (AvgIpc) is 2.39. The van der Waals surface area contributed by atoms with Crippen LogP contribution in [0.2, 0.25) is 0 Å². The van der Waals surface area contributed by atoms with Crippen LogP contribution in [-0.2, 0) is 0 Å². The fourth-order valence-electron chi connectivity index (χ4n) is 1.06. The van der Waals surface area contributed by atoms with Crippen LogP contribution in [0.5, 0.6) is 0 Å². The molecule has 12 heavy (non-hydrogen) atoms. The Hall–Kier alpha value is -0.740. The van der Waals surface area contributed by atoms with E-state index in [-0.39, 0.29) is 5.56 Å². The summed E-state index contributed by atoms with van der Waals surface area (Å²) >= 11 is 9.00. The Labute approximate surface area is 81.6 Å². The Morgan fingerprint density at radius 1 is 1.58 bits per heavy atom. The minimum absolute atomic E-state index is 0.117. The summed E-state index contributed by atoms with van der Waals surface area (Å²) in [5, 5.41) is 0. The van der Waals surface area contributed by atoms with E-state index >= 15 is 0 Å². The van der Waals surface area contributed by atoms with Gasteiger partial charge in [-0.2, -0.15) is 0 Å². The molecule has 0 amide bonds. The van der Waals surface area contributed by atoms with Crippen LogP contribution in [0.1, 0.15) is 0 Å². The Balaban J connectivity index is 2.89. The van der Waals surface area contributed by atoms with Gasteiger partial charge in [-0.3, -0.25) is 8.88 Å². The summed E-state index contributed by atoms with van der Waals surface area (Å²) in [4.78, 5) is 13.6. The molecule has 0 saturated heterocycles. The second kappa shape index (κ2) is 2.64. The van der Waals surface area contributed by atoms with Gasteiger partial charge in [-0.25, -0.2) is 0 Å². The number of aromatic nitrogens is 2. The Morgan fingerprint density at radius 2 is 2.33 bits per heavy atom. The summed E-state index contributed by atoms with van der Waals surface area (Å²) in [6.45, 7) is 0. The van der Waals surface area contributed by atoms with E-state index in [0.29, 0.717) is 4.60 Å². The largest absolute Gasteiger partial charge is 0.320 e. The summed E-state index contributed by atoms with van der Waals surface area (Å²) in [7, 11) is 0. The molecular formula is C7H4BrClN2O. The number of fused-ring (bicyclic) bond motifs is 1. The normalized spacial score (nSPS) is 10.8. The smallest absolute Gasteiger partial charge is 0.249 e. The molecule has 1 N–H and O–H groups in total. The molecule has 0 aromatic carbocycles. The fraction of sp³-hybridized carbons (Fsp3) is 0. The van der Waals surface area contributed by atoms with E-state index in [9.17, 15) is 4.79 Å². The van der Waals surface area contributed by atoms with Crippen LogP contribution in [-0.4, -0.2) is 9.07 Å². The van der Waals surface area contributed by atoms with Gasteiger partial charge in [0, 0.05) is 29.6 Å². The second-order valence-electron chi connectivity index (χ2n) is 2.38. The van der Waals surface area contributed by atoms with E-state index in [4.69, 9.17) is 11.8 Å². The highest BCUT2D eigenvalue weighted by molar-refractivity contribution is 9.10. The number of hydrogen-bond acceptors (Lipinski definition) is 1. The maximum atomic E-state index is 10.9. The molecule has 0 atom stereocenters. The molecule has 5 heteroatoms. The first-order chi connectivity index (χ1) is 5.68. The van der Waals surface area contributed by atoms with E-state index in [1.807, 2.05) is 0 Å². The average molecular weight is 247 g/mol. The molecule has 0 aromatic heterocycles. The molecule has 2 aliphatic rings. The lowest BCUT2D eigenvalue weighted by Gasteiger charge is -2.03. The highest BCUT2D eigenvalue weighted by Crippen LogP contribution is 2.27. The lowest BCUT2D eigenvalue weighted by molar-refractivity contribution is 1.13. The minimum atomic E-state index is -0.117. The van der Waals surface area contributed by atoms with Crippen molar-refractivity contribution in [1.82, 2.24) is 9.07 Å². The first-order valence-electron chi connectivity index (χ1n) is 3.24. The third-order valence-electron chi connectivity index (χ3n) is 1.60. The maximum Gasteiger partial charge on any atom is 0.249 e. The highest BCUT2D eigenvalue weighted by atomic mass is 79.9. The summed E-state index contributed by atoms with van der Waals surface area (Å²) in [5.74, 6) is 0. The van der Waals surface area contributed by atoms with Crippen molar-refractivity contribution in [2.45, 2.75) is 0 Å². The number of halogens is 2. The number of nitrogens with zero attached hydrogens (tertiary/aromatic N) is 1. The molecule has 2 rings (SSSR count). The van der Waals surface area contributed by atoms with Gasteiger partial charge < -0.3 is 4.98 Å². The molecule has 2 aliphatic heterocycles. The van der Waals surface area contributed by atoms with Crippen LogP contribution in [0.3, 0.4) is 0 Å². The van der Waals surface area contributed by atoms with Crippen molar-refractivity contribution in [3.05, 3.63) is 33.3 Å². The van der Waals surface area contributed by atoms with Crippen LogP contribution >= 0.6 is 27.7 Å². The van der Waals surface area contributed by atoms with Gasteiger partial charge in [-0.05, 0) is 22.0 Å². The topological polar surface area (TPSA) is 37.8 Å². The zero-order chi connectivity index (χ0) is 8.72. The molecular weight excluding hydrogens is 243 g/mol. The van der Waals surface area contributed by atoms with Crippen LogP contribution in [0.25, 0.3) is 11.3 Å². The molecule has 0 unspecified atom stereocenters. The number of nitrogens with one attached hydrogen (secondary N) is 1. The van der Waals surface area contributed by atoms with Crippen LogP contribution in [0.15, 0.2) is 27.7 Å². The zero-order valence-corrected chi connectivity index (χ0v) is 8.19. The Kier molecular flexibility index (Phi) is 1.73. The maximum absolute atomic E-state index is 10.9. The van der Waals surface area contributed by atoms with Crippen LogP contribution in [0.4, 0.5) is 0 Å². The molecule has 0 radical (unpaired) electrons. The summed E-state index contributed by atoms with van der Waals surface area (Å²) in [6.07, 6.45) is 1.67. The number of rotatable bonds is 0. The standard InChI is InChI=1S/C7H4BrClN2O/c8-7-6-4(1-2-11(7)9)3-5(12)10-6/h1-3H,(H,10,12). The van der Waals surface area contributed by atoms with Crippen molar-refractivity contribution < 1.29 is 0 Å². The third-order valence-corrected chi connectivity index (χ3v) is 2.87. The monoisotopic (exact) mass is 246 g/mol. The Bertz CT molecular complexity index is 447. The highest BCUT2D eigenvalue weighted by Gasteiger charge is 2.10. The van der Waals surface area contributed by atoms with Crippen molar-refractivity contribution in [1.29, 1.82) is 0 Å².